The molecule has 2 amide bonds. The van der Waals surface area contributed by atoms with Crippen LogP contribution in [-0.2, 0) is 0 Å². The molecule has 4 aromatic rings. The largest absolute Gasteiger partial charge is 0.421 e. The predicted molar refractivity (Wildman–Crippen MR) is 138 cm³/mol. The number of anilines is 3. The minimum absolute atomic E-state index is 0.0174. The van der Waals surface area contributed by atoms with Gasteiger partial charge < -0.3 is 25.4 Å². The van der Waals surface area contributed by atoms with Crippen LogP contribution >= 0.6 is 0 Å². The number of aryl methyl sites for hydroxylation is 1. The van der Waals surface area contributed by atoms with E-state index in [9.17, 15) is 18.8 Å². The van der Waals surface area contributed by atoms with E-state index in [0.717, 1.165) is 18.4 Å². The van der Waals surface area contributed by atoms with E-state index in [1.54, 1.807) is 54.8 Å². The molecule has 1 aliphatic rings. The van der Waals surface area contributed by atoms with Crippen LogP contribution in [0.5, 0.6) is 0 Å². The molecule has 0 bridgehead atoms. The van der Waals surface area contributed by atoms with E-state index in [1.165, 1.54) is 13.0 Å². The third-order valence-electron chi connectivity index (χ3n) is 6.45. The summed E-state index contributed by atoms with van der Waals surface area (Å²) in [6, 6.07) is 10.9. The van der Waals surface area contributed by atoms with Crippen molar-refractivity contribution in [2.24, 2.45) is 5.73 Å². The number of primary amides is 1. The topological polar surface area (TPSA) is 119 Å². The van der Waals surface area contributed by atoms with E-state index in [-0.39, 0.29) is 39.5 Å². The predicted octanol–water partition coefficient (Wildman–Crippen LogP) is 5.26. The average molecular weight is 489 g/mol. The van der Waals surface area contributed by atoms with Gasteiger partial charge in [0.15, 0.2) is 5.58 Å². The standard InChI is InChI=1S/C27H25FN4O4/c1-13-7-10-20(19(28)11-13)31-23-14(2)26(34)36-24-21(16-5-4-6-17(12-16)30-27(29)35)15(3)32(18-8-9-18)25(33)22(23)24/h4-7,10-12,18,31H,8-9H2,1-3H3,(H3,29,30,35). The summed E-state index contributed by atoms with van der Waals surface area (Å²) < 4.78 is 22.2. The Morgan fingerprint density at radius 3 is 2.53 bits per heavy atom. The fraction of sp³-hybridized carbons (Fsp3) is 0.222. The molecule has 0 aliphatic heterocycles. The summed E-state index contributed by atoms with van der Waals surface area (Å²) in [5, 5.41) is 5.70. The lowest BCUT2D eigenvalue weighted by atomic mass is 9.99. The molecule has 5 rings (SSSR count). The number of hydrogen-bond acceptors (Lipinski definition) is 5. The highest BCUT2D eigenvalue weighted by atomic mass is 19.1. The van der Waals surface area contributed by atoms with E-state index in [4.69, 9.17) is 10.2 Å². The van der Waals surface area contributed by atoms with Crippen LogP contribution in [0, 0.1) is 26.6 Å². The van der Waals surface area contributed by atoms with E-state index in [0.29, 0.717) is 22.5 Å². The summed E-state index contributed by atoms with van der Waals surface area (Å²) in [5.41, 5.74) is 7.91. The van der Waals surface area contributed by atoms with Gasteiger partial charge >= 0.3 is 11.7 Å². The number of pyridine rings is 1. The molecular formula is C27H25FN4O4. The lowest BCUT2D eigenvalue weighted by Gasteiger charge is -2.19. The zero-order valence-electron chi connectivity index (χ0n) is 20.1. The second-order valence-corrected chi connectivity index (χ2v) is 9.14. The first kappa shape index (κ1) is 23.3. The molecule has 0 radical (unpaired) electrons. The molecule has 2 aromatic heterocycles. The number of nitrogens with two attached hydrogens (primary N) is 1. The quantitative estimate of drug-likeness (QED) is 0.354. The number of carbonyl (C=O) groups excluding carboxylic acids is 1. The Bertz CT molecular complexity index is 1670. The first-order valence-electron chi connectivity index (χ1n) is 11.6. The summed E-state index contributed by atoms with van der Waals surface area (Å²) in [4.78, 5) is 38.2. The van der Waals surface area contributed by atoms with Crippen LogP contribution < -0.4 is 27.6 Å². The SMILES string of the molecule is Cc1ccc(Nc2c(C)c(=O)oc3c(-c4cccc(NC(N)=O)c4)c(C)n(C4CC4)c(=O)c23)c(F)c1. The Morgan fingerprint density at radius 2 is 1.86 bits per heavy atom. The monoisotopic (exact) mass is 488 g/mol. The van der Waals surface area contributed by atoms with Gasteiger partial charge in [-0.25, -0.2) is 14.0 Å². The fourth-order valence-electron chi connectivity index (χ4n) is 4.58. The van der Waals surface area contributed by atoms with Crippen molar-refractivity contribution in [1.82, 2.24) is 4.57 Å². The van der Waals surface area contributed by atoms with Gasteiger partial charge in [-0.05, 0) is 69.0 Å². The van der Waals surface area contributed by atoms with Gasteiger partial charge in [0.25, 0.3) is 5.56 Å². The number of amides is 2. The summed E-state index contributed by atoms with van der Waals surface area (Å²) >= 11 is 0. The minimum Gasteiger partial charge on any atom is -0.421 e. The third kappa shape index (κ3) is 4.02. The molecule has 0 unspecified atom stereocenters. The number of benzene rings is 2. The van der Waals surface area contributed by atoms with Crippen LogP contribution in [0.2, 0.25) is 0 Å². The Morgan fingerprint density at radius 1 is 1.11 bits per heavy atom. The first-order valence-corrected chi connectivity index (χ1v) is 11.6. The third-order valence-corrected chi connectivity index (χ3v) is 6.45. The highest BCUT2D eigenvalue weighted by molar-refractivity contribution is 6.01. The van der Waals surface area contributed by atoms with Crippen LogP contribution in [0.4, 0.5) is 26.2 Å². The molecule has 0 saturated heterocycles. The van der Waals surface area contributed by atoms with E-state index in [2.05, 4.69) is 10.6 Å². The van der Waals surface area contributed by atoms with Gasteiger partial charge in [-0.1, -0.05) is 18.2 Å². The molecule has 0 atom stereocenters. The van der Waals surface area contributed by atoms with Crippen molar-refractivity contribution >= 4 is 34.1 Å². The smallest absolute Gasteiger partial charge is 0.341 e. The Labute approximate surface area is 205 Å². The number of urea groups is 1. The molecule has 1 saturated carbocycles. The zero-order chi connectivity index (χ0) is 25.7. The number of nitrogens with one attached hydrogen (secondary N) is 2. The van der Waals surface area contributed by atoms with Gasteiger partial charge in [0.2, 0.25) is 0 Å². The van der Waals surface area contributed by atoms with Crippen molar-refractivity contribution < 1.29 is 13.6 Å². The first-order chi connectivity index (χ1) is 17.2. The van der Waals surface area contributed by atoms with E-state index in [1.807, 2.05) is 0 Å². The molecular weight excluding hydrogens is 463 g/mol. The van der Waals surface area contributed by atoms with Crippen molar-refractivity contribution in [3.8, 4) is 11.1 Å². The average Bonchev–Trinajstić information content (AvgIpc) is 3.63. The lowest BCUT2D eigenvalue weighted by Crippen LogP contribution is -2.25. The molecule has 1 aliphatic carbocycles. The van der Waals surface area contributed by atoms with Crippen molar-refractivity contribution in [2.45, 2.75) is 39.7 Å². The fourth-order valence-corrected chi connectivity index (χ4v) is 4.58. The summed E-state index contributed by atoms with van der Waals surface area (Å²) in [6.07, 6.45) is 1.69. The second-order valence-electron chi connectivity index (χ2n) is 9.14. The van der Waals surface area contributed by atoms with Crippen molar-refractivity contribution in [1.29, 1.82) is 0 Å². The number of hydrogen-bond donors (Lipinski definition) is 3. The van der Waals surface area contributed by atoms with Gasteiger partial charge in [-0.15, -0.1) is 0 Å². The summed E-state index contributed by atoms with van der Waals surface area (Å²) in [5.74, 6) is -0.504. The summed E-state index contributed by atoms with van der Waals surface area (Å²) in [7, 11) is 0. The van der Waals surface area contributed by atoms with Crippen LogP contribution in [-0.4, -0.2) is 10.6 Å². The summed E-state index contributed by atoms with van der Waals surface area (Å²) in [6.45, 7) is 5.11. The lowest BCUT2D eigenvalue weighted by molar-refractivity contribution is 0.259. The highest BCUT2D eigenvalue weighted by Crippen LogP contribution is 2.41. The van der Waals surface area contributed by atoms with Gasteiger partial charge in [0, 0.05) is 23.0 Å². The number of carbonyl (C=O) groups is 1. The zero-order valence-corrected chi connectivity index (χ0v) is 20.1. The second kappa shape index (κ2) is 8.67. The molecule has 36 heavy (non-hydrogen) atoms. The number of rotatable bonds is 5. The number of nitrogens with zero attached hydrogens (tertiary/aromatic N) is 1. The van der Waals surface area contributed by atoms with Gasteiger partial charge in [0.05, 0.1) is 16.9 Å². The maximum atomic E-state index is 14.8. The van der Waals surface area contributed by atoms with Crippen molar-refractivity contribution in [3.05, 3.63) is 85.9 Å². The van der Waals surface area contributed by atoms with Gasteiger partial charge in [-0.3, -0.25) is 4.79 Å². The van der Waals surface area contributed by atoms with Crippen LogP contribution in [0.1, 0.15) is 35.7 Å². The normalized spacial score (nSPS) is 13.1. The Hall–Kier alpha value is -4.40. The highest BCUT2D eigenvalue weighted by Gasteiger charge is 2.31. The maximum Gasteiger partial charge on any atom is 0.341 e. The molecule has 4 N–H and O–H groups in total. The van der Waals surface area contributed by atoms with E-state index >= 15 is 0 Å². The Balaban J connectivity index is 1.85. The van der Waals surface area contributed by atoms with Crippen LogP contribution in [0.25, 0.3) is 22.1 Å². The van der Waals surface area contributed by atoms with Gasteiger partial charge in [0.1, 0.15) is 11.2 Å². The molecule has 9 heteroatoms. The van der Waals surface area contributed by atoms with Gasteiger partial charge in [-0.2, -0.15) is 0 Å². The van der Waals surface area contributed by atoms with Crippen LogP contribution in [0.15, 0.2) is 56.5 Å². The molecule has 8 nitrogen and oxygen atoms in total. The van der Waals surface area contributed by atoms with Crippen molar-refractivity contribution in [2.75, 3.05) is 10.6 Å². The van der Waals surface area contributed by atoms with Crippen molar-refractivity contribution in [3.63, 3.8) is 0 Å². The minimum atomic E-state index is -0.717. The molecule has 184 valence electrons. The number of aromatic nitrogens is 1. The molecule has 2 heterocycles. The number of halogens is 1. The van der Waals surface area contributed by atoms with E-state index < -0.39 is 17.5 Å². The molecule has 2 aromatic carbocycles. The molecule has 0 spiro atoms. The molecule has 1 fully saturated rings. The number of fused-ring (bicyclic) bond motifs is 1. The Kier molecular flexibility index (Phi) is 5.62. The maximum absolute atomic E-state index is 14.8. The van der Waals surface area contributed by atoms with Crippen LogP contribution in [0.3, 0.4) is 0 Å².